The fraction of sp³-hybridized carbons (Fsp3) is 0.750. The van der Waals surface area contributed by atoms with Crippen molar-refractivity contribution in [2.24, 2.45) is 5.92 Å². The molecule has 0 saturated heterocycles. The van der Waals surface area contributed by atoms with Gasteiger partial charge in [0.25, 0.3) is 10.2 Å². The Kier molecular flexibility index (Phi) is 5.10. The topological polar surface area (TPSA) is 54.8 Å². The molecule has 0 N–H and O–H groups in total. The van der Waals surface area contributed by atoms with E-state index in [9.17, 15) is 8.42 Å². The molecule has 23 heavy (non-hydrogen) atoms. The summed E-state index contributed by atoms with van der Waals surface area (Å²) >= 11 is 0. The van der Waals surface area contributed by atoms with Crippen molar-refractivity contribution in [1.82, 2.24) is 13.2 Å². The van der Waals surface area contributed by atoms with Crippen LogP contribution in [0.1, 0.15) is 37.4 Å². The summed E-state index contributed by atoms with van der Waals surface area (Å²) in [5.41, 5.74) is 1.02. The highest BCUT2D eigenvalue weighted by molar-refractivity contribution is 7.86. The Hall–Kier alpha value is -0.890. The van der Waals surface area contributed by atoms with Gasteiger partial charge < -0.3 is 9.30 Å². The summed E-state index contributed by atoms with van der Waals surface area (Å²) < 4.78 is 35.8. The molecule has 1 aliphatic carbocycles. The highest BCUT2D eigenvalue weighted by atomic mass is 32.2. The number of hydrogen-bond acceptors (Lipinski definition) is 3. The van der Waals surface area contributed by atoms with Gasteiger partial charge in [0.15, 0.2) is 0 Å². The zero-order valence-corrected chi connectivity index (χ0v) is 14.8. The minimum Gasteiger partial charge on any atom is -0.379 e. The van der Waals surface area contributed by atoms with Crippen molar-refractivity contribution >= 4 is 10.2 Å². The zero-order chi connectivity index (χ0) is 16.4. The molecule has 0 spiro atoms. The van der Waals surface area contributed by atoms with Crippen molar-refractivity contribution in [3.63, 3.8) is 0 Å². The minimum atomic E-state index is -3.40. The molecule has 1 aromatic rings. The van der Waals surface area contributed by atoms with Gasteiger partial charge in [-0.3, -0.25) is 0 Å². The highest BCUT2D eigenvalue weighted by Crippen LogP contribution is 2.27. The van der Waals surface area contributed by atoms with E-state index in [1.165, 1.54) is 30.0 Å². The van der Waals surface area contributed by atoms with Crippen LogP contribution in [0.15, 0.2) is 18.3 Å². The van der Waals surface area contributed by atoms with Gasteiger partial charge in [0.2, 0.25) is 0 Å². The van der Waals surface area contributed by atoms with Crippen LogP contribution in [0, 0.1) is 5.92 Å². The van der Waals surface area contributed by atoms with Crippen LogP contribution in [0.25, 0.3) is 0 Å². The lowest BCUT2D eigenvalue weighted by Crippen LogP contribution is -2.46. The first-order chi connectivity index (χ1) is 11.0. The molecular formula is C16H27N3O3S. The maximum absolute atomic E-state index is 12.4. The molecule has 1 aliphatic heterocycles. The zero-order valence-electron chi connectivity index (χ0n) is 14.0. The van der Waals surface area contributed by atoms with E-state index in [-0.39, 0.29) is 6.04 Å². The summed E-state index contributed by atoms with van der Waals surface area (Å²) in [6, 6.07) is 4.01. The van der Waals surface area contributed by atoms with Gasteiger partial charge in [-0.15, -0.1) is 0 Å². The van der Waals surface area contributed by atoms with E-state index in [2.05, 4.69) is 4.57 Å². The molecule has 2 aliphatic rings. The molecule has 3 rings (SSSR count). The molecule has 130 valence electrons. The molecular weight excluding hydrogens is 314 g/mol. The smallest absolute Gasteiger partial charge is 0.281 e. The van der Waals surface area contributed by atoms with Gasteiger partial charge in [-0.2, -0.15) is 17.0 Å². The summed E-state index contributed by atoms with van der Waals surface area (Å²) in [5.74, 6) is 0.685. The lowest BCUT2D eigenvalue weighted by Gasteiger charge is -2.35. The first-order valence-corrected chi connectivity index (χ1v) is 9.79. The minimum absolute atomic E-state index is 0.0462. The molecule has 1 aromatic heterocycles. The number of ether oxygens (including phenoxy) is 1. The highest BCUT2D eigenvalue weighted by Gasteiger charge is 2.33. The van der Waals surface area contributed by atoms with Crippen LogP contribution < -0.4 is 0 Å². The molecule has 0 amide bonds. The molecule has 0 radical (unpaired) electrons. The molecule has 0 bridgehead atoms. The number of nitrogens with zero attached hydrogens (tertiary/aromatic N) is 3. The van der Waals surface area contributed by atoms with E-state index >= 15 is 0 Å². The molecule has 2 heterocycles. The maximum Gasteiger partial charge on any atom is 0.281 e. The molecule has 1 atom stereocenters. The third-order valence-electron chi connectivity index (χ3n) is 4.94. The van der Waals surface area contributed by atoms with Crippen LogP contribution >= 0.6 is 0 Å². The van der Waals surface area contributed by atoms with Gasteiger partial charge in [0.1, 0.15) is 0 Å². The van der Waals surface area contributed by atoms with E-state index in [1.807, 2.05) is 18.3 Å². The van der Waals surface area contributed by atoms with Crippen LogP contribution in [0.2, 0.25) is 0 Å². The predicted molar refractivity (Wildman–Crippen MR) is 89.3 cm³/mol. The third kappa shape index (κ3) is 3.63. The average Bonchev–Trinajstić information content (AvgIpc) is 3.17. The number of rotatable bonds is 6. The summed E-state index contributed by atoms with van der Waals surface area (Å²) in [6.45, 7) is 2.25. The molecule has 0 aromatic carbocycles. The van der Waals surface area contributed by atoms with Crippen molar-refractivity contribution in [2.75, 3.05) is 33.9 Å². The second-order valence-corrected chi connectivity index (χ2v) is 8.97. The average molecular weight is 341 g/mol. The Morgan fingerprint density at radius 3 is 2.70 bits per heavy atom. The van der Waals surface area contributed by atoms with Crippen LogP contribution in [0.5, 0.6) is 0 Å². The molecule has 7 heteroatoms. The summed E-state index contributed by atoms with van der Waals surface area (Å²) in [5, 5.41) is 0. The Labute approximate surface area is 139 Å². The van der Waals surface area contributed by atoms with E-state index in [1.54, 1.807) is 18.4 Å². The Morgan fingerprint density at radius 1 is 1.26 bits per heavy atom. The predicted octanol–water partition coefficient (Wildman–Crippen LogP) is 1.86. The van der Waals surface area contributed by atoms with E-state index in [0.29, 0.717) is 25.6 Å². The quantitative estimate of drug-likeness (QED) is 0.793. The molecule has 1 fully saturated rings. The number of fused-ring (bicyclic) bond motifs is 1. The normalized spacial score (nSPS) is 23.5. The van der Waals surface area contributed by atoms with Gasteiger partial charge in [-0.1, -0.05) is 12.8 Å². The van der Waals surface area contributed by atoms with Gasteiger partial charge in [-0.05, 0) is 30.9 Å². The van der Waals surface area contributed by atoms with Crippen molar-refractivity contribution in [1.29, 1.82) is 0 Å². The fourth-order valence-corrected chi connectivity index (χ4v) is 4.69. The van der Waals surface area contributed by atoms with E-state index < -0.39 is 10.2 Å². The Balaban J connectivity index is 1.66. The molecule has 1 saturated carbocycles. The van der Waals surface area contributed by atoms with Crippen LogP contribution in [-0.4, -0.2) is 55.4 Å². The van der Waals surface area contributed by atoms with Crippen molar-refractivity contribution in [2.45, 2.75) is 38.3 Å². The first-order valence-electron chi connectivity index (χ1n) is 8.39. The van der Waals surface area contributed by atoms with Crippen LogP contribution in [0.4, 0.5) is 0 Å². The van der Waals surface area contributed by atoms with Gasteiger partial charge in [0, 0.05) is 39.1 Å². The molecule has 6 nitrogen and oxygen atoms in total. The maximum atomic E-state index is 12.4. The first kappa shape index (κ1) is 17.0. The lowest BCUT2D eigenvalue weighted by atomic mass is 10.1. The van der Waals surface area contributed by atoms with Gasteiger partial charge in [-0.25, -0.2) is 0 Å². The molecule has 0 unspecified atom stereocenters. The van der Waals surface area contributed by atoms with Crippen molar-refractivity contribution in [3.05, 3.63) is 24.0 Å². The van der Waals surface area contributed by atoms with Crippen LogP contribution in [0.3, 0.4) is 0 Å². The Bertz CT molecular complexity index is 620. The number of aromatic nitrogens is 1. The standard InChI is InChI=1S/C16H27N3O3S/c1-17(2)23(20,21)18-10-15-8-5-9-19(15)16(11-18)13-22-12-14-6-3-4-7-14/h5,8-9,14,16H,3-4,6-7,10-13H2,1-2H3/t16-/m0/s1. The second-order valence-electron chi connectivity index (χ2n) is 6.83. The van der Waals surface area contributed by atoms with Gasteiger partial charge in [0.05, 0.1) is 19.2 Å². The third-order valence-corrected chi connectivity index (χ3v) is 6.79. The summed E-state index contributed by atoms with van der Waals surface area (Å²) in [4.78, 5) is 0. The van der Waals surface area contributed by atoms with Crippen molar-refractivity contribution < 1.29 is 13.2 Å². The van der Waals surface area contributed by atoms with E-state index in [0.717, 1.165) is 12.3 Å². The fourth-order valence-electron chi connectivity index (χ4n) is 3.57. The van der Waals surface area contributed by atoms with Crippen molar-refractivity contribution in [3.8, 4) is 0 Å². The SMILES string of the molecule is CN(C)S(=O)(=O)N1Cc2cccn2[C@H](COCC2CCCC2)C1. The summed E-state index contributed by atoms with van der Waals surface area (Å²) in [6.07, 6.45) is 7.18. The monoisotopic (exact) mass is 341 g/mol. The van der Waals surface area contributed by atoms with Gasteiger partial charge >= 0.3 is 0 Å². The van der Waals surface area contributed by atoms with Crippen LogP contribution in [-0.2, 0) is 21.5 Å². The van der Waals surface area contributed by atoms with E-state index in [4.69, 9.17) is 4.74 Å². The second kappa shape index (κ2) is 6.93. The number of hydrogen-bond donors (Lipinski definition) is 0. The summed E-state index contributed by atoms with van der Waals surface area (Å²) in [7, 11) is -0.240. The largest absolute Gasteiger partial charge is 0.379 e. The lowest BCUT2D eigenvalue weighted by molar-refractivity contribution is 0.0629. The Morgan fingerprint density at radius 2 is 2.00 bits per heavy atom.